The Morgan fingerprint density at radius 3 is 2.58 bits per heavy atom. The quantitative estimate of drug-likeness (QED) is 0.461. The second kappa shape index (κ2) is 8.37. The van der Waals surface area contributed by atoms with E-state index in [0.717, 1.165) is 15.6 Å². The van der Waals surface area contributed by atoms with Gasteiger partial charge in [0.05, 0.1) is 11.8 Å². The van der Waals surface area contributed by atoms with E-state index in [1.165, 1.54) is 16.4 Å². The number of rotatable bonds is 6. The van der Waals surface area contributed by atoms with Gasteiger partial charge in [-0.1, -0.05) is 70.2 Å². The Labute approximate surface area is 164 Å². The number of benzene rings is 2. The molecule has 0 fully saturated rings. The number of halogens is 1. The van der Waals surface area contributed by atoms with Crippen molar-refractivity contribution in [3.05, 3.63) is 64.6 Å². The van der Waals surface area contributed by atoms with Crippen LogP contribution in [0.15, 0.2) is 64.2 Å². The highest BCUT2D eigenvalue weighted by Gasteiger charge is 2.15. The number of amides is 1. The topological polar surface area (TPSA) is 85.8 Å². The zero-order valence-electron chi connectivity index (χ0n) is 14.1. The summed E-state index contributed by atoms with van der Waals surface area (Å²) in [5.74, 6) is 6.75. The van der Waals surface area contributed by atoms with Crippen LogP contribution < -0.4 is 11.2 Å². The highest BCUT2D eigenvalue weighted by Crippen LogP contribution is 2.21. The molecule has 1 atom stereocenters. The van der Waals surface area contributed by atoms with Gasteiger partial charge in [-0.2, -0.15) is 0 Å². The van der Waals surface area contributed by atoms with Crippen LogP contribution in [0.4, 0.5) is 0 Å². The summed E-state index contributed by atoms with van der Waals surface area (Å²) in [6.07, 6.45) is 0. The van der Waals surface area contributed by atoms with E-state index >= 15 is 0 Å². The van der Waals surface area contributed by atoms with Crippen LogP contribution in [-0.4, -0.2) is 26.5 Å². The maximum absolute atomic E-state index is 12.2. The molecule has 0 bridgehead atoms. The second-order valence-electron chi connectivity index (χ2n) is 5.67. The van der Waals surface area contributed by atoms with Crippen LogP contribution in [-0.2, 0) is 4.79 Å². The summed E-state index contributed by atoms with van der Waals surface area (Å²) in [6.45, 7) is 1.95. The number of nitrogens with two attached hydrogens (primary N) is 1. The van der Waals surface area contributed by atoms with Crippen LogP contribution >= 0.6 is 27.7 Å². The zero-order chi connectivity index (χ0) is 18.5. The number of carbonyl (C=O) groups is 1. The predicted octanol–water partition coefficient (Wildman–Crippen LogP) is 3.39. The van der Waals surface area contributed by atoms with Crippen molar-refractivity contribution in [3.8, 4) is 11.4 Å². The van der Waals surface area contributed by atoms with Crippen LogP contribution in [0.2, 0.25) is 0 Å². The van der Waals surface area contributed by atoms with Gasteiger partial charge in [0.15, 0.2) is 5.82 Å². The number of nitrogens with zero attached hydrogens (tertiary/aromatic N) is 3. The van der Waals surface area contributed by atoms with E-state index in [9.17, 15) is 4.79 Å². The summed E-state index contributed by atoms with van der Waals surface area (Å²) in [7, 11) is 0. The molecule has 1 amide bonds. The number of hydrogen-bond acceptors (Lipinski definition) is 5. The predicted molar refractivity (Wildman–Crippen MR) is 107 cm³/mol. The van der Waals surface area contributed by atoms with E-state index in [2.05, 4.69) is 31.4 Å². The third kappa shape index (κ3) is 4.44. The van der Waals surface area contributed by atoms with Gasteiger partial charge in [-0.15, -0.1) is 10.2 Å². The molecule has 26 heavy (non-hydrogen) atoms. The third-order valence-electron chi connectivity index (χ3n) is 3.78. The van der Waals surface area contributed by atoms with Gasteiger partial charge in [-0.3, -0.25) is 4.79 Å². The first kappa shape index (κ1) is 18.5. The Hall–Kier alpha value is -2.32. The molecule has 134 valence electrons. The molecular weight excluding hydrogens is 414 g/mol. The lowest BCUT2D eigenvalue weighted by atomic mass is 10.1. The molecule has 0 radical (unpaired) electrons. The number of hydrogen-bond donors (Lipinski definition) is 2. The fraction of sp³-hybridized carbons (Fsp3) is 0.167. The smallest absolute Gasteiger partial charge is 0.230 e. The van der Waals surface area contributed by atoms with Crippen molar-refractivity contribution in [2.24, 2.45) is 0 Å². The van der Waals surface area contributed by atoms with E-state index < -0.39 is 0 Å². The molecule has 0 saturated heterocycles. The summed E-state index contributed by atoms with van der Waals surface area (Å²) in [6, 6.07) is 17.4. The van der Waals surface area contributed by atoms with Gasteiger partial charge >= 0.3 is 0 Å². The number of nitrogens with one attached hydrogen (secondary N) is 1. The van der Waals surface area contributed by atoms with Crippen LogP contribution in [0.1, 0.15) is 18.5 Å². The normalized spacial score (nSPS) is 11.9. The fourth-order valence-electron chi connectivity index (χ4n) is 2.41. The van der Waals surface area contributed by atoms with Crippen molar-refractivity contribution >= 4 is 33.6 Å². The Morgan fingerprint density at radius 2 is 1.88 bits per heavy atom. The van der Waals surface area contributed by atoms with Gasteiger partial charge in [0.2, 0.25) is 11.1 Å². The third-order valence-corrected chi connectivity index (χ3v) is 5.25. The molecule has 3 rings (SSSR count). The second-order valence-corrected chi connectivity index (χ2v) is 7.53. The number of carbonyl (C=O) groups excluding carboxylic acids is 1. The summed E-state index contributed by atoms with van der Waals surface area (Å²) in [4.78, 5) is 12.2. The summed E-state index contributed by atoms with van der Waals surface area (Å²) >= 11 is 4.66. The molecular formula is C18H18BrN5OS. The first-order chi connectivity index (χ1) is 12.5. The van der Waals surface area contributed by atoms with E-state index in [1.807, 2.05) is 61.5 Å². The zero-order valence-corrected chi connectivity index (χ0v) is 16.5. The van der Waals surface area contributed by atoms with Gasteiger partial charge in [-0.25, -0.2) is 4.68 Å². The molecule has 0 saturated carbocycles. The van der Waals surface area contributed by atoms with E-state index in [4.69, 9.17) is 5.84 Å². The molecule has 0 spiro atoms. The fourth-order valence-corrected chi connectivity index (χ4v) is 3.34. The van der Waals surface area contributed by atoms with Crippen LogP contribution in [0.25, 0.3) is 11.4 Å². The molecule has 2 aromatic carbocycles. The monoisotopic (exact) mass is 431 g/mol. The lowest BCUT2D eigenvalue weighted by Gasteiger charge is -2.14. The Morgan fingerprint density at radius 1 is 1.19 bits per heavy atom. The van der Waals surface area contributed by atoms with Crippen molar-refractivity contribution in [1.29, 1.82) is 0 Å². The van der Waals surface area contributed by atoms with Gasteiger partial charge in [-0.05, 0) is 24.6 Å². The van der Waals surface area contributed by atoms with E-state index in [1.54, 1.807) is 0 Å². The average molecular weight is 432 g/mol. The Balaban J connectivity index is 1.58. The SMILES string of the molecule is CC(NC(=O)CSc1nnc(-c2ccccc2)n1N)c1ccc(Br)cc1. The van der Waals surface area contributed by atoms with Crippen molar-refractivity contribution in [3.63, 3.8) is 0 Å². The first-order valence-electron chi connectivity index (χ1n) is 7.98. The van der Waals surface area contributed by atoms with Gasteiger partial charge in [0.1, 0.15) is 0 Å². The van der Waals surface area contributed by atoms with Crippen molar-refractivity contribution < 1.29 is 4.79 Å². The molecule has 1 unspecified atom stereocenters. The Bertz CT molecular complexity index is 882. The molecule has 3 N–H and O–H groups in total. The molecule has 0 aliphatic heterocycles. The maximum Gasteiger partial charge on any atom is 0.230 e. The highest BCUT2D eigenvalue weighted by molar-refractivity contribution is 9.10. The lowest BCUT2D eigenvalue weighted by molar-refractivity contribution is -0.119. The molecule has 6 nitrogen and oxygen atoms in total. The van der Waals surface area contributed by atoms with Gasteiger partial charge in [0.25, 0.3) is 0 Å². The van der Waals surface area contributed by atoms with Crippen molar-refractivity contribution in [2.45, 2.75) is 18.1 Å². The number of thioether (sulfide) groups is 1. The average Bonchev–Trinajstić information content (AvgIpc) is 3.02. The Kier molecular flexibility index (Phi) is 5.95. The number of nitrogen functional groups attached to an aromatic ring is 1. The lowest BCUT2D eigenvalue weighted by Crippen LogP contribution is -2.28. The maximum atomic E-state index is 12.2. The van der Waals surface area contributed by atoms with Gasteiger partial charge < -0.3 is 11.2 Å². The summed E-state index contributed by atoms with van der Waals surface area (Å²) in [5.41, 5.74) is 1.92. The van der Waals surface area contributed by atoms with E-state index in [-0.39, 0.29) is 17.7 Å². The van der Waals surface area contributed by atoms with Crippen molar-refractivity contribution in [1.82, 2.24) is 20.2 Å². The first-order valence-corrected chi connectivity index (χ1v) is 9.76. The standard InChI is InChI=1S/C18H18BrN5OS/c1-12(13-7-9-15(19)10-8-13)21-16(25)11-26-18-23-22-17(24(18)20)14-5-3-2-4-6-14/h2-10,12H,11,20H2,1H3,(H,21,25). The molecule has 0 aliphatic rings. The number of aromatic nitrogens is 3. The largest absolute Gasteiger partial charge is 0.349 e. The van der Waals surface area contributed by atoms with Crippen LogP contribution in [0.3, 0.4) is 0 Å². The molecule has 8 heteroatoms. The molecule has 1 aromatic heterocycles. The minimum atomic E-state index is -0.0883. The van der Waals surface area contributed by atoms with Crippen molar-refractivity contribution in [2.75, 3.05) is 11.6 Å². The highest BCUT2D eigenvalue weighted by atomic mass is 79.9. The van der Waals surface area contributed by atoms with Gasteiger partial charge in [0, 0.05) is 10.0 Å². The minimum absolute atomic E-state index is 0.0770. The molecule has 0 aliphatic carbocycles. The van der Waals surface area contributed by atoms with Crippen LogP contribution in [0, 0.1) is 0 Å². The summed E-state index contributed by atoms with van der Waals surface area (Å²) < 4.78 is 2.41. The van der Waals surface area contributed by atoms with E-state index in [0.29, 0.717) is 11.0 Å². The summed E-state index contributed by atoms with van der Waals surface area (Å²) in [5, 5.41) is 11.7. The molecule has 3 aromatic rings. The van der Waals surface area contributed by atoms with Crippen LogP contribution in [0.5, 0.6) is 0 Å². The molecule has 1 heterocycles. The minimum Gasteiger partial charge on any atom is -0.349 e.